The zero-order chi connectivity index (χ0) is 19.8. The maximum absolute atomic E-state index is 13.8. The smallest absolute Gasteiger partial charge is 0.226 e. The number of aromatic nitrogens is 2. The van der Waals surface area contributed by atoms with Gasteiger partial charge in [0.1, 0.15) is 5.82 Å². The van der Waals surface area contributed by atoms with Crippen LogP contribution in [0.4, 0.5) is 4.39 Å². The van der Waals surface area contributed by atoms with Crippen LogP contribution in [0.2, 0.25) is 0 Å². The highest BCUT2D eigenvalue weighted by Crippen LogP contribution is 2.16. The van der Waals surface area contributed by atoms with Crippen LogP contribution in [-0.2, 0) is 6.42 Å². The number of aryl methyl sites for hydroxylation is 2. The molecule has 0 spiro atoms. The molecule has 1 heterocycles. The molecule has 0 aliphatic carbocycles. The Balaban J connectivity index is 0.00000392. The first kappa shape index (κ1) is 24.3. The van der Waals surface area contributed by atoms with Crippen molar-refractivity contribution in [3.63, 3.8) is 0 Å². The molecule has 0 radical (unpaired) electrons. The summed E-state index contributed by atoms with van der Waals surface area (Å²) in [4.78, 5) is 8.96. The Morgan fingerprint density at radius 1 is 1.29 bits per heavy atom. The summed E-state index contributed by atoms with van der Waals surface area (Å²) in [6.45, 7) is 11.2. The highest BCUT2D eigenvalue weighted by molar-refractivity contribution is 14.0. The molecule has 6 nitrogen and oxygen atoms in total. The summed E-state index contributed by atoms with van der Waals surface area (Å²) in [6, 6.07) is 5.24. The first-order chi connectivity index (χ1) is 12.9. The van der Waals surface area contributed by atoms with Crippen molar-refractivity contribution in [2.24, 2.45) is 4.99 Å². The summed E-state index contributed by atoms with van der Waals surface area (Å²) < 4.78 is 19.0. The fourth-order valence-corrected chi connectivity index (χ4v) is 2.51. The molecule has 0 fully saturated rings. The minimum absolute atomic E-state index is 0. The number of guanidine groups is 1. The van der Waals surface area contributed by atoms with E-state index in [4.69, 9.17) is 4.52 Å². The van der Waals surface area contributed by atoms with Crippen molar-refractivity contribution < 1.29 is 8.91 Å². The van der Waals surface area contributed by atoms with E-state index in [1.165, 1.54) is 0 Å². The Bertz CT molecular complexity index is 763. The van der Waals surface area contributed by atoms with E-state index >= 15 is 0 Å². The van der Waals surface area contributed by atoms with Crippen molar-refractivity contribution in [1.29, 1.82) is 0 Å². The van der Waals surface area contributed by atoms with E-state index < -0.39 is 0 Å². The molecule has 2 aromatic rings. The van der Waals surface area contributed by atoms with Crippen LogP contribution in [0.3, 0.4) is 0 Å². The Labute approximate surface area is 183 Å². The van der Waals surface area contributed by atoms with Crippen LogP contribution < -0.4 is 10.6 Å². The van der Waals surface area contributed by atoms with Gasteiger partial charge in [-0.1, -0.05) is 31.1 Å². The van der Waals surface area contributed by atoms with Gasteiger partial charge in [0.25, 0.3) is 0 Å². The molecule has 156 valence electrons. The third-order valence-electron chi connectivity index (χ3n) is 4.21. The van der Waals surface area contributed by atoms with E-state index in [-0.39, 0.29) is 41.8 Å². The van der Waals surface area contributed by atoms with Gasteiger partial charge in [0.15, 0.2) is 11.8 Å². The average molecular weight is 503 g/mol. The van der Waals surface area contributed by atoms with Crippen LogP contribution in [0, 0.1) is 12.7 Å². The molecule has 1 aromatic carbocycles. The number of nitrogens with zero attached hydrogens (tertiary/aromatic N) is 3. The van der Waals surface area contributed by atoms with E-state index in [1.54, 1.807) is 19.1 Å². The fraction of sp³-hybridized carbons (Fsp3) is 0.550. The molecule has 28 heavy (non-hydrogen) atoms. The highest BCUT2D eigenvalue weighted by Gasteiger charge is 2.11. The van der Waals surface area contributed by atoms with Crippen LogP contribution in [-0.4, -0.2) is 29.2 Å². The molecular weight excluding hydrogens is 472 g/mol. The van der Waals surface area contributed by atoms with E-state index in [2.05, 4.69) is 25.8 Å². The van der Waals surface area contributed by atoms with Crippen LogP contribution in [0.15, 0.2) is 27.7 Å². The lowest BCUT2D eigenvalue weighted by Gasteiger charge is -2.18. The zero-order valence-corrected chi connectivity index (χ0v) is 19.6. The van der Waals surface area contributed by atoms with Crippen LogP contribution in [0.1, 0.15) is 68.9 Å². The van der Waals surface area contributed by atoms with Crippen molar-refractivity contribution >= 4 is 29.9 Å². The molecule has 1 unspecified atom stereocenters. The number of hydrogen-bond acceptors (Lipinski definition) is 4. The molecule has 0 aliphatic rings. The highest BCUT2D eigenvalue weighted by atomic mass is 127. The Hall–Kier alpha value is -1.71. The molecule has 1 aromatic heterocycles. The van der Waals surface area contributed by atoms with Gasteiger partial charge in [-0.2, -0.15) is 4.98 Å². The zero-order valence-electron chi connectivity index (χ0n) is 17.3. The third-order valence-corrected chi connectivity index (χ3v) is 4.21. The third kappa shape index (κ3) is 7.37. The average Bonchev–Trinajstić information content (AvgIpc) is 3.10. The van der Waals surface area contributed by atoms with Gasteiger partial charge >= 0.3 is 0 Å². The maximum atomic E-state index is 13.8. The molecule has 0 aliphatic heterocycles. The van der Waals surface area contributed by atoms with E-state index in [0.717, 1.165) is 24.4 Å². The molecule has 0 saturated heterocycles. The van der Waals surface area contributed by atoms with Crippen LogP contribution in [0.5, 0.6) is 0 Å². The largest absolute Gasteiger partial charge is 0.357 e. The molecule has 1 atom stereocenters. The lowest BCUT2D eigenvalue weighted by molar-refractivity contribution is 0.369. The quantitative estimate of drug-likeness (QED) is 0.240. The Morgan fingerprint density at radius 2 is 2.04 bits per heavy atom. The van der Waals surface area contributed by atoms with Gasteiger partial charge in [0, 0.05) is 25.4 Å². The number of benzene rings is 1. The second-order valence-electron chi connectivity index (χ2n) is 6.94. The number of rotatable bonds is 8. The van der Waals surface area contributed by atoms with Crippen LogP contribution in [0.25, 0.3) is 0 Å². The number of hydrogen-bond donors (Lipinski definition) is 2. The molecule has 0 amide bonds. The Morgan fingerprint density at radius 3 is 2.64 bits per heavy atom. The summed E-state index contributed by atoms with van der Waals surface area (Å²) in [5.74, 6) is 2.17. The lowest BCUT2D eigenvalue weighted by atomic mass is 10.1. The predicted molar refractivity (Wildman–Crippen MR) is 121 cm³/mol. The predicted octanol–water partition coefficient (Wildman–Crippen LogP) is 4.51. The first-order valence-electron chi connectivity index (χ1n) is 9.54. The van der Waals surface area contributed by atoms with E-state index in [0.29, 0.717) is 30.4 Å². The Kier molecular flexibility index (Phi) is 10.4. The topological polar surface area (TPSA) is 75.3 Å². The molecule has 0 saturated carbocycles. The number of halogens is 2. The van der Waals surface area contributed by atoms with Gasteiger partial charge in [-0.15, -0.1) is 24.0 Å². The second kappa shape index (κ2) is 12.0. The molecular formula is C20H31FIN5O. The van der Waals surface area contributed by atoms with Crippen molar-refractivity contribution in [3.05, 3.63) is 46.9 Å². The fourth-order valence-electron chi connectivity index (χ4n) is 2.51. The molecule has 2 N–H and O–H groups in total. The van der Waals surface area contributed by atoms with Crippen molar-refractivity contribution in [1.82, 2.24) is 20.8 Å². The van der Waals surface area contributed by atoms with Gasteiger partial charge in [-0.25, -0.2) is 4.39 Å². The van der Waals surface area contributed by atoms with Gasteiger partial charge in [0.05, 0.1) is 6.04 Å². The summed E-state index contributed by atoms with van der Waals surface area (Å²) in [7, 11) is 0. The van der Waals surface area contributed by atoms with Gasteiger partial charge in [-0.05, 0) is 44.4 Å². The summed E-state index contributed by atoms with van der Waals surface area (Å²) in [5, 5.41) is 10.5. The maximum Gasteiger partial charge on any atom is 0.226 e. The summed E-state index contributed by atoms with van der Waals surface area (Å²) >= 11 is 0. The number of nitrogens with one attached hydrogen (secondary N) is 2. The molecule has 8 heteroatoms. The lowest BCUT2D eigenvalue weighted by Crippen LogP contribution is -2.38. The normalized spacial score (nSPS) is 12.6. The van der Waals surface area contributed by atoms with E-state index in [9.17, 15) is 4.39 Å². The monoisotopic (exact) mass is 503 g/mol. The summed E-state index contributed by atoms with van der Waals surface area (Å²) in [5.41, 5.74) is 1.53. The van der Waals surface area contributed by atoms with Gasteiger partial charge in [0.2, 0.25) is 5.89 Å². The minimum Gasteiger partial charge on any atom is -0.357 e. The van der Waals surface area contributed by atoms with Gasteiger partial charge < -0.3 is 15.2 Å². The standard InChI is InChI=1S/C20H30FN5O.HI/c1-6-22-20(24-15(5)16-10-9-14(4)17(21)12-16)23-11-7-8-18-25-19(13(2)3)26-27-18;/h9-10,12-13,15H,6-8,11H2,1-5H3,(H2,22,23,24);1H. The summed E-state index contributed by atoms with van der Waals surface area (Å²) in [6.07, 6.45) is 1.51. The second-order valence-corrected chi connectivity index (χ2v) is 6.94. The SMILES string of the molecule is CCNC(=NCCCc1nc(C(C)C)no1)NC(C)c1ccc(C)c(F)c1.I. The molecule has 2 rings (SSSR count). The number of aliphatic imine (C=N–C) groups is 1. The first-order valence-corrected chi connectivity index (χ1v) is 9.54. The van der Waals surface area contributed by atoms with Crippen molar-refractivity contribution in [2.45, 2.75) is 59.4 Å². The van der Waals surface area contributed by atoms with Crippen molar-refractivity contribution in [3.8, 4) is 0 Å². The van der Waals surface area contributed by atoms with Crippen molar-refractivity contribution in [2.75, 3.05) is 13.1 Å². The van der Waals surface area contributed by atoms with Gasteiger partial charge in [-0.3, -0.25) is 4.99 Å². The van der Waals surface area contributed by atoms with Crippen LogP contribution >= 0.6 is 24.0 Å². The van der Waals surface area contributed by atoms with E-state index in [1.807, 2.05) is 33.8 Å². The minimum atomic E-state index is -0.191. The molecule has 0 bridgehead atoms.